The molecule has 0 radical (unpaired) electrons. The van der Waals surface area contributed by atoms with E-state index in [1.165, 1.54) is 36.4 Å². The smallest absolute Gasteiger partial charge is 0.416 e. The van der Waals surface area contributed by atoms with Crippen molar-refractivity contribution in [2.45, 2.75) is 50.3 Å². The monoisotopic (exact) mass is 543 g/mol. The Morgan fingerprint density at radius 2 is 1.55 bits per heavy atom. The van der Waals surface area contributed by atoms with Crippen LogP contribution in [0.25, 0.3) is 0 Å². The van der Waals surface area contributed by atoms with Crippen molar-refractivity contribution in [3.8, 4) is 0 Å². The molecule has 1 heterocycles. The van der Waals surface area contributed by atoms with Gasteiger partial charge in [-0.3, -0.25) is 0 Å². The molecule has 3 aromatic carbocycles. The number of esters is 1. The maximum atomic E-state index is 14.3. The summed E-state index contributed by atoms with van der Waals surface area (Å²) in [6.07, 6.45) is -3.35. The highest BCUT2D eigenvalue weighted by molar-refractivity contribution is 7.89. The molecule has 2 atom stereocenters. The molecule has 0 N–H and O–H groups in total. The maximum absolute atomic E-state index is 14.3. The number of alkyl halides is 3. The van der Waals surface area contributed by atoms with Crippen LogP contribution in [0.4, 0.5) is 13.2 Å². The van der Waals surface area contributed by atoms with E-state index in [0.29, 0.717) is 11.1 Å². The van der Waals surface area contributed by atoms with Crippen LogP contribution in [-0.4, -0.2) is 25.3 Å². The molecule has 5 nitrogen and oxygen atoms in total. The third-order valence-electron chi connectivity index (χ3n) is 6.63. The second-order valence-electron chi connectivity index (χ2n) is 9.12. The molecule has 1 aliphatic heterocycles. The quantitative estimate of drug-likeness (QED) is 0.325. The van der Waals surface area contributed by atoms with Crippen LogP contribution >= 0.6 is 0 Å². The van der Waals surface area contributed by atoms with Gasteiger partial charge in [0, 0.05) is 0 Å². The van der Waals surface area contributed by atoms with Crippen molar-refractivity contribution in [3.05, 3.63) is 112 Å². The van der Waals surface area contributed by atoms with Crippen LogP contribution in [0.5, 0.6) is 0 Å². The van der Waals surface area contributed by atoms with Gasteiger partial charge in [0.1, 0.15) is 0 Å². The summed E-state index contributed by atoms with van der Waals surface area (Å²) < 4.78 is 77.4. The Kier molecular flexibility index (Phi) is 7.80. The van der Waals surface area contributed by atoms with Crippen molar-refractivity contribution in [3.63, 3.8) is 0 Å². The second-order valence-corrected chi connectivity index (χ2v) is 11.0. The summed E-state index contributed by atoms with van der Waals surface area (Å²) in [7, 11) is -4.42. The third-order valence-corrected chi connectivity index (χ3v) is 8.52. The van der Waals surface area contributed by atoms with Crippen molar-refractivity contribution in [2.24, 2.45) is 0 Å². The van der Waals surface area contributed by atoms with Crippen molar-refractivity contribution in [1.29, 1.82) is 0 Å². The molecule has 0 amide bonds. The van der Waals surface area contributed by atoms with E-state index in [0.717, 1.165) is 15.9 Å². The highest BCUT2D eigenvalue weighted by atomic mass is 32.2. The first-order valence-electron chi connectivity index (χ1n) is 12.2. The molecule has 0 aliphatic carbocycles. The molecule has 38 heavy (non-hydrogen) atoms. The first-order valence-corrected chi connectivity index (χ1v) is 13.6. The normalized spacial score (nSPS) is 18.6. The van der Waals surface area contributed by atoms with Crippen molar-refractivity contribution in [1.82, 2.24) is 4.31 Å². The summed E-state index contributed by atoms with van der Waals surface area (Å²) in [4.78, 5) is 13.0. The minimum Gasteiger partial charge on any atom is -0.463 e. The van der Waals surface area contributed by atoms with E-state index in [-0.39, 0.29) is 29.1 Å². The van der Waals surface area contributed by atoms with Crippen LogP contribution in [0.3, 0.4) is 0 Å². The summed E-state index contributed by atoms with van der Waals surface area (Å²) in [5.74, 6) is -0.715. The fraction of sp³-hybridized carbons (Fsp3) is 0.276. The number of carbonyl (C=O) groups excluding carboxylic acids is 1. The summed E-state index contributed by atoms with van der Waals surface area (Å²) in [5.41, 5.74) is 0.944. The molecular formula is C29H28F3NO4S. The molecule has 1 aliphatic rings. The number of halogens is 3. The van der Waals surface area contributed by atoms with Gasteiger partial charge in [0.2, 0.25) is 10.0 Å². The molecule has 0 aromatic heterocycles. The Bertz CT molecular complexity index is 1460. The van der Waals surface area contributed by atoms with Crippen LogP contribution in [0, 0.1) is 13.8 Å². The van der Waals surface area contributed by atoms with Crippen molar-refractivity contribution >= 4 is 16.0 Å². The van der Waals surface area contributed by atoms with Crippen LogP contribution in [0.15, 0.2) is 89.3 Å². The molecule has 200 valence electrons. The minimum atomic E-state index is -4.71. The van der Waals surface area contributed by atoms with Crippen LogP contribution in [0.1, 0.15) is 53.2 Å². The summed E-state index contributed by atoms with van der Waals surface area (Å²) in [6.45, 7) is 5.26. The van der Waals surface area contributed by atoms with Crippen molar-refractivity contribution in [2.75, 3.05) is 6.61 Å². The van der Waals surface area contributed by atoms with Gasteiger partial charge >= 0.3 is 12.1 Å². The molecule has 9 heteroatoms. The average Bonchev–Trinajstić information content (AvgIpc) is 2.88. The van der Waals surface area contributed by atoms with Crippen LogP contribution < -0.4 is 0 Å². The third kappa shape index (κ3) is 5.26. The van der Waals surface area contributed by atoms with Crippen LogP contribution in [-0.2, 0) is 25.7 Å². The fourth-order valence-electron chi connectivity index (χ4n) is 4.83. The average molecular weight is 544 g/mol. The number of benzene rings is 3. The lowest BCUT2D eigenvalue weighted by atomic mass is 9.86. The minimum absolute atomic E-state index is 0.0573. The van der Waals surface area contributed by atoms with E-state index in [1.54, 1.807) is 57.2 Å². The largest absolute Gasteiger partial charge is 0.463 e. The van der Waals surface area contributed by atoms with Gasteiger partial charge in [0.05, 0.1) is 34.7 Å². The Labute approximate surface area is 220 Å². The summed E-state index contributed by atoms with van der Waals surface area (Å²) in [5, 5.41) is 0. The number of ether oxygens (including phenoxy) is 1. The predicted molar refractivity (Wildman–Crippen MR) is 138 cm³/mol. The number of aryl methyl sites for hydroxylation is 2. The number of sulfonamides is 1. The molecule has 0 bridgehead atoms. The topological polar surface area (TPSA) is 63.7 Å². The van der Waals surface area contributed by atoms with E-state index in [1.807, 2.05) is 0 Å². The van der Waals surface area contributed by atoms with Gasteiger partial charge in [-0.2, -0.15) is 17.5 Å². The number of carbonyl (C=O) groups is 1. The molecule has 0 unspecified atom stereocenters. The Morgan fingerprint density at radius 3 is 2.16 bits per heavy atom. The molecule has 3 aromatic rings. The van der Waals surface area contributed by atoms with E-state index in [4.69, 9.17) is 4.74 Å². The maximum Gasteiger partial charge on any atom is 0.416 e. The van der Waals surface area contributed by atoms with E-state index >= 15 is 0 Å². The summed E-state index contributed by atoms with van der Waals surface area (Å²) in [6, 6.07) is 15.5. The van der Waals surface area contributed by atoms with Crippen LogP contribution in [0.2, 0.25) is 0 Å². The van der Waals surface area contributed by atoms with Gasteiger partial charge in [-0.25, -0.2) is 13.2 Å². The lowest BCUT2D eigenvalue weighted by Gasteiger charge is -2.42. The zero-order chi connectivity index (χ0) is 27.7. The standard InChI is InChI=1S/C29H28F3NO4S/c1-4-37-28(34)24-17-18-26(23-11-7-8-12-25(23)29(30,31)32)33(27(24)22-10-6-5-9-20(22)3)38(35,36)21-15-13-19(2)14-16-21/h5-17,26-27H,4,18H2,1-3H3/t26-,27-/m0/s1. The molecule has 0 fully saturated rings. The van der Waals surface area contributed by atoms with Gasteiger partial charge in [0.15, 0.2) is 0 Å². The lowest BCUT2D eigenvalue weighted by Crippen LogP contribution is -2.43. The summed E-state index contributed by atoms with van der Waals surface area (Å²) >= 11 is 0. The van der Waals surface area contributed by atoms with E-state index in [9.17, 15) is 26.4 Å². The lowest BCUT2D eigenvalue weighted by molar-refractivity contribution is -0.140. The van der Waals surface area contributed by atoms with Crippen molar-refractivity contribution < 1.29 is 31.1 Å². The van der Waals surface area contributed by atoms with Gasteiger partial charge in [-0.1, -0.05) is 66.2 Å². The first-order chi connectivity index (χ1) is 18.0. The van der Waals surface area contributed by atoms with Gasteiger partial charge in [-0.05, 0) is 62.1 Å². The number of hydrogen-bond donors (Lipinski definition) is 0. The highest BCUT2D eigenvalue weighted by Crippen LogP contribution is 2.48. The molecule has 4 rings (SSSR count). The predicted octanol–water partition coefficient (Wildman–Crippen LogP) is 6.69. The molecule has 0 saturated heterocycles. The number of nitrogens with zero attached hydrogens (tertiary/aromatic N) is 1. The Morgan fingerprint density at radius 1 is 0.947 bits per heavy atom. The highest BCUT2D eigenvalue weighted by Gasteiger charge is 2.47. The zero-order valence-corrected chi connectivity index (χ0v) is 22.0. The SMILES string of the molecule is CCOC(=O)C1=CC[C@@H](c2ccccc2C(F)(F)F)N(S(=O)(=O)c2ccc(C)cc2)[C@H]1c1ccccc1C. The molecular weight excluding hydrogens is 515 g/mol. The number of hydrogen-bond acceptors (Lipinski definition) is 4. The van der Waals surface area contributed by atoms with Gasteiger partial charge in [0.25, 0.3) is 0 Å². The fourth-order valence-corrected chi connectivity index (χ4v) is 6.59. The number of rotatable bonds is 6. The molecule has 0 saturated carbocycles. The Balaban J connectivity index is 2.04. The van der Waals surface area contributed by atoms with E-state index < -0.39 is 39.8 Å². The van der Waals surface area contributed by atoms with E-state index in [2.05, 4.69) is 0 Å². The zero-order valence-electron chi connectivity index (χ0n) is 21.2. The molecule has 0 spiro atoms. The van der Waals surface area contributed by atoms with Gasteiger partial charge in [-0.15, -0.1) is 0 Å². The first kappa shape index (κ1) is 27.6. The van der Waals surface area contributed by atoms with Gasteiger partial charge < -0.3 is 4.74 Å². The second kappa shape index (κ2) is 10.7. The Hall–Kier alpha value is -3.43.